The van der Waals surface area contributed by atoms with Crippen LogP contribution in [0.15, 0.2) is 24.3 Å². The molecule has 8 aliphatic rings. The van der Waals surface area contributed by atoms with E-state index >= 15 is 0 Å². The van der Waals surface area contributed by atoms with Crippen LogP contribution in [0.1, 0.15) is 75.3 Å². The number of phenols is 2. The summed E-state index contributed by atoms with van der Waals surface area (Å²) >= 11 is 0. The lowest BCUT2D eigenvalue weighted by atomic mass is 9.54. The van der Waals surface area contributed by atoms with E-state index in [2.05, 4.69) is 22.8 Å². The summed E-state index contributed by atoms with van der Waals surface area (Å²) < 4.78 is 0. The molecule has 4 N–H and O–H groups in total. The molecule has 0 unspecified atom stereocenters. The first-order valence-electron chi connectivity index (χ1n) is 15.0. The van der Waals surface area contributed by atoms with Gasteiger partial charge in [0, 0.05) is 41.7 Å². The molecule has 0 atom stereocenters. The maximum Gasteiger partial charge on any atom is 0.127 e. The quantitative estimate of drug-likeness (QED) is 0.400. The Kier molecular flexibility index (Phi) is 5.16. The second kappa shape index (κ2) is 8.36. The molecule has 8 bridgehead atoms. The van der Waals surface area contributed by atoms with Gasteiger partial charge in [0.2, 0.25) is 0 Å². The molecule has 0 aromatic heterocycles. The van der Waals surface area contributed by atoms with Crippen LogP contribution in [0.25, 0.3) is 10.8 Å². The van der Waals surface area contributed by atoms with Crippen molar-refractivity contribution < 1.29 is 10.2 Å². The Morgan fingerprint density at radius 2 is 1.03 bits per heavy atom. The Morgan fingerprint density at radius 1 is 0.556 bits per heavy atom. The molecule has 4 heteroatoms. The Morgan fingerprint density at radius 3 is 1.56 bits per heavy atom. The predicted molar refractivity (Wildman–Crippen MR) is 143 cm³/mol. The van der Waals surface area contributed by atoms with E-state index in [-0.39, 0.29) is 0 Å². The van der Waals surface area contributed by atoms with Crippen molar-refractivity contribution in [2.24, 2.45) is 47.3 Å². The molecule has 8 fully saturated rings. The Labute approximate surface area is 215 Å². The molecule has 4 nitrogen and oxygen atoms in total. The summed E-state index contributed by atoms with van der Waals surface area (Å²) in [6.45, 7) is 1.41. The minimum Gasteiger partial charge on any atom is -0.508 e. The molecule has 36 heavy (non-hydrogen) atoms. The number of fused-ring (bicyclic) bond motifs is 1. The van der Waals surface area contributed by atoms with Crippen LogP contribution in [-0.4, -0.2) is 22.3 Å². The summed E-state index contributed by atoms with van der Waals surface area (Å²) in [5, 5.41) is 31.7. The lowest BCUT2D eigenvalue weighted by Gasteiger charge is -2.54. The van der Waals surface area contributed by atoms with E-state index in [1.165, 1.54) is 64.2 Å². The maximum atomic E-state index is 11.3. The van der Waals surface area contributed by atoms with E-state index in [4.69, 9.17) is 0 Å². The molecule has 8 aliphatic carbocycles. The van der Waals surface area contributed by atoms with Crippen molar-refractivity contribution in [3.05, 3.63) is 35.4 Å². The zero-order valence-electron chi connectivity index (χ0n) is 21.5. The van der Waals surface area contributed by atoms with Crippen LogP contribution in [0.4, 0.5) is 0 Å². The largest absolute Gasteiger partial charge is 0.508 e. The molecule has 0 spiro atoms. The van der Waals surface area contributed by atoms with E-state index in [9.17, 15) is 10.2 Å². The van der Waals surface area contributed by atoms with Gasteiger partial charge in [-0.1, -0.05) is 12.1 Å². The van der Waals surface area contributed by atoms with Gasteiger partial charge in [0.15, 0.2) is 0 Å². The molecule has 2 aromatic rings. The van der Waals surface area contributed by atoms with Crippen LogP contribution in [-0.2, 0) is 13.1 Å². The van der Waals surface area contributed by atoms with Crippen LogP contribution in [0, 0.1) is 47.3 Å². The topological polar surface area (TPSA) is 64.5 Å². The predicted octanol–water partition coefficient (Wildman–Crippen LogP) is 6.08. The number of benzene rings is 2. The van der Waals surface area contributed by atoms with Crippen LogP contribution < -0.4 is 10.6 Å². The molecule has 8 saturated carbocycles. The molecule has 0 heterocycles. The number of rotatable bonds is 6. The number of aromatic hydroxyl groups is 2. The van der Waals surface area contributed by atoms with Crippen LogP contribution in [0.3, 0.4) is 0 Å². The first-order chi connectivity index (χ1) is 17.6. The molecular weight excluding hydrogens is 444 g/mol. The first kappa shape index (κ1) is 22.2. The summed E-state index contributed by atoms with van der Waals surface area (Å²) in [4.78, 5) is 0. The van der Waals surface area contributed by atoms with E-state index in [1.54, 1.807) is 6.07 Å². The third-order valence-corrected chi connectivity index (χ3v) is 11.8. The first-order valence-corrected chi connectivity index (χ1v) is 15.0. The highest BCUT2D eigenvalue weighted by molar-refractivity contribution is 5.93. The smallest absolute Gasteiger partial charge is 0.127 e. The number of hydrogen-bond donors (Lipinski definition) is 4. The molecule has 192 valence electrons. The Bertz CT molecular complexity index is 1120. The van der Waals surface area contributed by atoms with Crippen molar-refractivity contribution in [2.45, 2.75) is 89.4 Å². The van der Waals surface area contributed by atoms with Crippen LogP contribution in [0.5, 0.6) is 11.5 Å². The van der Waals surface area contributed by atoms with E-state index in [0.717, 1.165) is 75.8 Å². The average molecular weight is 487 g/mol. The highest BCUT2D eigenvalue weighted by Crippen LogP contribution is 2.55. The fourth-order valence-corrected chi connectivity index (χ4v) is 10.8. The SMILES string of the molecule is Oc1ccc2c(O)c(CNC3C4CC5CC(C4)CC3C5)ccc2c1CNC1C2CC3CC(C2)CC1C3. The van der Waals surface area contributed by atoms with Crippen molar-refractivity contribution in [2.75, 3.05) is 0 Å². The molecular formula is C32H42N2O2. The third kappa shape index (κ3) is 3.54. The Balaban J connectivity index is 1.00. The number of nitrogens with one attached hydrogen (secondary N) is 2. The van der Waals surface area contributed by atoms with Gasteiger partial charge < -0.3 is 20.8 Å². The van der Waals surface area contributed by atoms with Gasteiger partial charge in [-0.2, -0.15) is 0 Å². The van der Waals surface area contributed by atoms with E-state index in [1.807, 2.05) is 6.07 Å². The number of hydrogen-bond acceptors (Lipinski definition) is 4. The molecule has 0 amide bonds. The van der Waals surface area contributed by atoms with Gasteiger partial charge in [-0.15, -0.1) is 0 Å². The fraction of sp³-hybridized carbons (Fsp3) is 0.688. The van der Waals surface area contributed by atoms with Gasteiger partial charge in [0.1, 0.15) is 11.5 Å². The van der Waals surface area contributed by atoms with Gasteiger partial charge in [0.05, 0.1) is 0 Å². The Hall–Kier alpha value is -1.78. The minimum absolute atomic E-state index is 0.345. The maximum absolute atomic E-state index is 11.3. The number of phenolic OH excluding ortho intramolecular Hbond substituents is 2. The summed E-state index contributed by atoms with van der Waals surface area (Å²) in [6.07, 6.45) is 14.2. The summed E-state index contributed by atoms with van der Waals surface area (Å²) in [5.41, 5.74) is 1.93. The molecule has 0 radical (unpaired) electrons. The van der Waals surface area contributed by atoms with Crippen molar-refractivity contribution in [1.82, 2.24) is 10.6 Å². The average Bonchev–Trinajstić information content (AvgIpc) is 2.84. The van der Waals surface area contributed by atoms with Gasteiger partial charge >= 0.3 is 0 Å². The lowest BCUT2D eigenvalue weighted by Crippen LogP contribution is -2.54. The minimum atomic E-state index is 0.345. The van der Waals surface area contributed by atoms with Gasteiger partial charge in [-0.05, 0) is 129 Å². The van der Waals surface area contributed by atoms with Crippen molar-refractivity contribution >= 4 is 10.8 Å². The van der Waals surface area contributed by atoms with E-state index < -0.39 is 0 Å². The van der Waals surface area contributed by atoms with Crippen LogP contribution >= 0.6 is 0 Å². The standard InChI is InChI=1S/C32H42N2O2/c35-29-4-3-27-26(28(29)16-34-31-24-11-19-6-20(13-24)14-25(31)12-19)2-1-21(32(27)36)15-33-30-22-7-17-5-18(9-22)10-23(30)8-17/h1-4,17-20,22-25,30-31,33-36H,5-16H2. The summed E-state index contributed by atoms with van der Waals surface area (Å²) in [5.74, 6) is 7.95. The molecule has 0 saturated heterocycles. The highest BCUT2D eigenvalue weighted by Gasteiger charge is 2.49. The second-order valence-electron chi connectivity index (χ2n) is 13.9. The summed E-state index contributed by atoms with van der Waals surface area (Å²) in [7, 11) is 0. The van der Waals surface area contributed by atoms with Gasteiger partial charge in [-0.25, -0.2) is 0 Å². The lowest BCUT2D eigenvalue weighted by molar-refractivity contribution is -0.0143. The molecule has 10 rings (SSSR count). The zero-order valence-corrected chi connectivity index (χ0v) is 21.5. The van der Waals surface area contributed by atoms with Gasteiger partial charge in [0.25, 0.3) is 0 Å². The van der Waals surface area contributed by atoms with Crippen molar-refractivity contribution in [3.63, 3.8) is 0 Å². The normalized spacial score (nSPS) is 42.0. The third-order valence-electron chi connectivity index (χ3n) is 11.8. The summed E-state index contributed by atoms with van der Waals surface area (Å²) in [6, 6.07) is 9.12. The van der Waals surface area contributed by atoms with Crippen molar-refractivity contribution in [3.8, 4) is 11.5 Å². The van der Waals surface area contributed by atoms with Crippen molar-refractivity contribution in [1.29, 1.82) is 0 Å². The second-order valence-corrected chi connectivity index (χ2v) is 13.9. The molecule has 0 aliphatic heterocycles. The van der Waals surface area contributed by atoms with Crippen LogP contribution in [0.2, 0.25) is 0 Å². The monoisotopic (exact) mass is 486 g/mol. The highest BCUT2D eigenvalue weighted by atomic mass is 16.3. The fourth-order valence-electron chi connectivity index (χ4n) is 10.8. The zero-order chi connectivity index (χ0) is 24.0. The van der Waals surface area contributed by atoms with E-state index in [0.29, 0.717) is 30.1 Å². The molecule has 2 aromatic carbocycles. The van der Waals surface area contributed by atoms with Gasteiger partial charge in [-0.3, -0.25) is 0 Å².